The van der Waals surface area contributed by atoms with Crippen molar-refractivity contribution < 1.29 is 9.32 Å². The molecule has 1 unspecified atom stereocenters. The van der Waals surface area contributed by atoms with Crippen LogP contribution in [0.2, 0.25) is 0 Å². The molecule has 3 heterocycles. The Morgan fingerprint density at radius 2 is 2.05 bits per heavy atom. The molecule has 0 N–H and O–H groups in total. The van der Waals surface area contributed by atoms with Gasteiger partial charge in [-0.15, -0.1) is 0 Å². The average molecular weight is 300 g/mol. The summed E-state index contributed by atoms with van der Waals surface area (Å²) >= 11 is 0. The molecule has 6 nitrogen and oxygen atoms in total. The lowest BCUT2D eigenvalue weighted by molar-refractivity contribution is -0.134. The maximum absolute atomic E-state index is 12.2. The van der Waals surface area contributed by atoms with Crippen molar-refractivity contribution in [1.29, 1.82) is 0 Å². The van der Waals surface area contributed by atoms with Gasteiger partial charge in [0.15, 0.2) is 5.82 Å². The van der Waals surface area contributed by atoms with Crippen LogP contribution in [-0.2, 0) is 10.2 Å². The highest BCUT2D eigenvalue weighted by molar-refractivity contribution is 5.83. The maximum Gasteiger partial charge on any atom is 0.239 e. The van der Waals surface area contributed by atoms with Crippen LogP contribution in [-0.4, -0.2) is 39.5 Å². The number of hydrogen-bond donors (Lipinski definition) is 0. The molecular formula is C16H20N4O2. The molecule has 6 heteroatoms. The predicted molar refractivity (Wildman–Crippen MR) is 80.3 cm³/mol. The molecule has 2 aromatic heterocycles. The van der Waals surface area contributed by atoms with Crippen molar-refractivity contribution in [2.75, 3.05) is 13.6 Å². The minimum absolute atomic E-state index is 0.0585. The zero-order valence-electron chi connectivity index (χ0n) is 13.1. The molecule has 116 valence electrons. The SMILES string of the molecule is CN1CCCC(c2nc(C(C)(C)c3ccncc3)no2)C1=O. The van der Waals surface area contributed by atoms with Crippen LogP contribution in [0.15, 0.2) is 29.0 Å². The van der Waals surface area contributed by atoms with E-state index in [1.807, 2.05) is 33.0 Å². The molecule has 1 aliphatic rings. The number of piperidine rings is 1. The first-order chi connectivity index (χ1) is 10.5. The Bertz CT molecular complexity index is 666. The van der Waals surface area contributed by atoms with Crippen LogP contribution in [0.1, 0.15) is 49.9 Å². The summed E-state index contributed by atoms with van der Waals surface area (Å²) in [6.07, 6.45) is 5.22. The highest BCUT2D eigenvalue weighted by Crippen LogP contribution is 2.32. The van der Waals surface area contributed by atoms with E-state index in [1.165, 1.54) is 0 Å². The van der Waals surface area contributed by atoms with Gasteiger partial charge in [0.1, 0.15) is 5.92 Å². The van der Waals surface area contributed by atoms with Gasteiger partial charge in [-0.3, -0.25) is 9.78 Å². The molecule has 1 amide bonds. The van der Waals surface area contributed by atoms with E-state index in [9.17, 15) is 4.79 Å². The second kappa shape index (κ2) is 5.51. The number of nitrogens with zero attached hydrogens (tertiary/aromatic N) is 4. The fraction of sp³-hybridized carbons (Fsp3) is 0.500. The zero-order valence-corrected chi connectivity index (χ0v) is 13.1. The fourth-order valence-electron chi connectivity index (χ4n) is 2.79. The van der Waals surface area contributed by atoms with Crippen molar-refractivity contribution in [3.05, 3.63) is 41.8 Å². The van der Waals surface area contributed by atoms with Crippen LogP contribution < -0.4 is 0 Å². The zero-order chi connectivity index (χ0) is 15.7. The summed E-state index contributed by atoms with van der Waals surface area (Å²) in [7, 11) is 1.81. The van der Waals surface area contributed by atoms with Gasteiger partial charge in [0, 0.05) is 26.0 Å². The molecule has 0 aromatic carbocycles. The Balaban J connectivity index is 1.89. The normalized spacial score (nSPS) is 19.5. The third-order valence-corrected chi connectivity index (χ3v) is 4.36. The lowest BCUT2D eigenvalue weighted by Gasteiger charge is -2.27. The van der Waals surface area contributed by atoms with Crippen molar-refractivity contribution in [3.63, 3.8) is 0 Å². The van der Waals surface area contributed by atoms with E-state index in [-0.39, 0.29) is 11.8 Å². The van der Waals surface area contributed by atoms with E-state index in [2.05, 4.69) is 15.1 Å². The summed E-state index contributed by atoms with van der Waals surface area (Å²) in [5.74, 6) is 0.764. The fourth-order valence-corrected chi connectivity index (χ4v) is 2.79. The number of amides is 1. The minimum atomic E-state index is -0.395. The number of aromatic nitrogens is 3. The number of likely N-dealkylation sites (N-methyl/N-ethyl adjacent to an activating group) is 1. The Hall–Kier alpha value is -2.24. The first kappa shape index (κ1) is 14.7. The monoisotopic (exact) mass is 300 g/mol. The first-order valence-corrected chi connectivity index (χ1v) is 7.49. The molecule has 0 aliphatic carbocycles. The van der Waals surface area contributed by atoms with E-state index in [1.54, 1.807) is 17.3 Å². The summed E-state index contributed by atoms with van der Waals surface area (Å²) in [5, 5.41) is 4.12. The summed E-state index contributed by atoms with van der Waals surface area (Å²) in [5.41, 5.74) is 0.663. The van der Waals surface area contributed by atoms with Crippen molar-refractivity contribution in [3.8, 4) is 0 Å². The second-order valence-electron chi connectivity index (χ2n) is 6.27. The van der Waals surface area contributed by atoms with Gasteiger partial charge in [-0.25, -0.2) is 0 Å². The Labute approximate surface area is 129 Å². The van der Waals surface area contributed by atoms with Crippen LogP contribution in [0.25, 0.3) is 0 Å². The molecule has 1 fully saturated rings. The van der Waals surface area contributed by atoms with Crippen molar-refractivity contribution in [2.45, 2.75) is 38.0 Å². The molecule has 22 heavy (non-hydrogen) atoms. The molecule has 1 atom stereocenters. The number of pyridine rings is 1. The lowest BCUT2D eigenvalue weighted by Crippen LogP contribution is -2.37. The van der Waals surface area contributed by atoms with Crippen molar-refractivity contribution in [1.82, 2.24) is 20.0 Å². The largest absolute Gasteiger partial charge is 0.345 e. The molecular weight excluding hydrogens is 280 g/mol. The van der Waals surface area contributed by atoms with E-state index in [4.69, 9.17) is 4.52 Å². The minimum Gasteiger partial charge on any atom is -0.345 e. The van der Waals surface area contributed by atoms with E-state index >= 15 is 0 Å². The van der Waals surface area contributed by atoms with Gasteiger partial charge >= 0.3 is 0 Å². The number of hydrogen-bond acceptors (Lipinski definition) is 5. The smallest absolute Gasteiger partial charge is 0.239 e. The number of likely N-dealkylation sites (tertiary alicyclic amines) is 1. The molecule has 0 saturated carbocycles. The molecule has 1 saturated heterocycles. The number of rotatable bonds is 3. The Morgan fingerprint density at radius 1 is 1.32 bits per heavy atom. The summed E-state index contributed by atoms with van der Waals surface area (Å²) in [6, 6.07) is 3.88. The third kappa shape index (κ3) is 2.49. The standard InChI is InChI=1S/C16H20N4O2/c1-16(2,11-6-8-17-9-7-11)15-18-13(22-19-15)12-5-4-10-20(3)14(12)21/h6-9,12H,4-5,10H2,1-3H3. The van der Waals surface area contributed by atoms with E-state index in [0.29, 0.717) is 11.7 Å². The summed E-state index contributed by atoms with van der Waals surface area (Å²) in [6.45, 7) is 4.86. The van der Waals surface area contributed by atoms with Crippen molar-refractivity contribution >= 4 is 5.91 Å². The van der Waals surface area contributed by atoms with Gasteiger partial charge in [0.05, 0.1) is 5.41 Å². The molecule has 1 aliphatic heterocycles. The summed E-state index contributed by atoms with van der Waals surface area (Å²) in [4.78, 5) is 22.5. The molecule has 2 aromatic rings. The van der Waals surface area contributed by atoms with Gasteiger partial charge < -0.3 is 9.42 Å². The first-order valence-electron chi connectivity index (χ1n) is 7.49. The highest BCUT2D eigenvalue weighted by Gasteiger charge is 2.35. The second-order valence-corrected chi connectivity index (χ2v) is 6.27. The Kier molecular flexibility index (Phi) is 3.68. The third-order valence-electron chi connectivity index (χ3n) is 4.36. The van der Waals surface area contributed by atoms with Gasteiger partial charge in [0.25, 0.3) is 0 Å². The van der Waals surface area contributed by atoms with Crippen LogP contribution >= 0.6 is 0 Å². The number of carbonyl (C=O) groups excluding carboxylic acids is 1. The van der Waals surface area contributed by atoms with Gasteiger partial charge in [0.2, 0.25) is 11.8 Å². The van der Waals surface area contributed by atoms with Crippen LogP contribution in [0.5, 0.6) is 0 Å². The molecule has 0 bridgehead atoms. The van der Waals surface area contributed by atoms with Crippen LogP contribution in [0.3, 0.4) is 0 Å². The summed E-state index contributed by atoms with van der Waals surface area (Å²) < 4.78 is 5.41. The van der Waals surface area contributed by atoms with Gasteiger partial charge in [-0.1, -0.05) is 5.16 Å². The molecule has 0 radical (unpaired) electrons. The number of carbonyl (C=O) groups is 1. The van der Waals surface area contributed by atoms with Gasteiger partial charge in [-0.05, 0) is 44.4 Å². The van der Waals surface area contributed by atoms with E-state index in [0.717, 1.165) is 24.9 Å². The van der Waals surface area contributed by atoms with Crippen LogP contribution in [0.4, 0.5) is 0 Å². The lowest BCUT2D eigenvalue weighted by atomic mass is 9.84. The van der Waals surface area contributed by atoms with E-state index < -0.39 is 5.41 Å². The maximum atomic E-state index is 12.2. The average Bonchev–Trinajstić information content (AvgIpc) is 3.01. The topological polar surface area (TPSA) is 72.1 Å². The molecule has 0 spiro atoms. The molecule has 3 rings (SSSR count). The van der Waals surface area contributed by atoms with Crippen LogP contribution in [0, 0.1) is 0 Å². The Morgan fingerprint density at radius 3 is 2.77 bits per heavy atom. The quantitative estimate of drug-likeness (QED) is 0.868. The predicted octanol–water partition coefficient (Wildman–Crippen LogP) is 2.13. The van der Waals surface area contributed by atoms with Gasteiger partial charge in [-0.2, -0.15) is 4.98 Å². The van der Waals surface area contributed by atoms with Crippen molar-refractivity contribution in [2.24, 2.45) is 0 Å². The highest BCUT2D eigenvalue weighted by atomic mass is 16.5.